The number of methoxy groups -OCH3 is 2. The molecule has 5 rings (SSSR count). The van der Waals surface area contributed by atoms with E-state index in [4.69, 9.17) is 21.1 Å². The molecule has 1 aliphatic heterocycles. The number of Topliss-reactive ketones (excluding diaryl/α,β-unsaturated/α-hetero) is 1. The number of aliphatic hydroxyl groups is 1. The van der Waals surface area contributed by atoms with Crippen LogP contribution in [-0.2, 0) is 15.3 Å². The molecule has 0 spiro atoms. The molecule has 12 heteroatoms. The largest absolute Gasteiger partial charge is 0.507 e. The van der Waals surface area contributed by atoms with Crippen molar-refractivity contribution in [2.24, 2.45) is 0 Å². The number of thioether (sulfide) groups is 1. The number of anilines is 1. The fourth-order valence-electron chi connectivity index (χ4n) is 4.22. The van der Waals surface area contributed by atoms with E-state index in [1.54, 1.807) is 42.5 Å². The van der Waals surface area contributed by atoms with Crippen LogP contribution in [0, 0.1) is 0 Å². The van der Waals surface area contributed by atoms with Crippen molar-refractivity contribution in [3.8, 4) is 11.5 Å². The average molecular weight is 659 g/mol. The zero-order chi connectivity index (χ0) is 28.4. The standard InChI is InChI=1S/C28H21BrClN3O5S2/c1-37-20-12-7-17(13-21(20)38-2)23-22(24(34)16-5-8-18(29)9-6-16)25(35)26(36)33(23)27-31-32-28(40-27)39-14-15-3-10-19(30)11-4-15/h3-13,23,34H,14H2,1-2H3/b24-22-. The molecular formula is C28H21BrClN3O5S2. The summed E-state index contributed by atoms with van der Waals surface area (Å²) in [5.41, 5.74) is 1.90. The number of hydrogen-bond donors (Lipinski definition) is 1. The fourth-order valence-corrected chi connectivity index (χ4v) is 6.43. The lowest BCUT2D eigenvalue weighted by Crippen LogP contribution is -2.29. The van der Waals surface area contributed by atoms with E-state index in [2.05, 4.69) is 26.1 Å². The molecule has 4 aromatic rings. The molecule has 2 heterocycles. The van der Waals surface area contributed by atoms with Gasteiger partial charge in [-0.15, -0.1) is 10.2 Å². The van der Waals surface area contributed by atoms with E-state index in [1.165, 1.54) is 42.2 Å². The molecule has 1 N–H and O–H groups in total. The number of ketones is 1. The second kappa shape index (κ2) is 12.0. The van der Waals surface area contributed by atoms with Crippen LogP contribution >= 0.6 is 50.6 Å². The second-order valence-corrected chi connectivity index (χ2v) is 12.1. The highest BCUT2D eigenvalue weighted by Gasteiger charge is 2.48. The molecule has 1 fully saturated rings. The predicted octanol–water partition coefficient (Wildman–Crippen LogP) is 6.89. The molecule has 0 radical (unpaired) electrons. The maximum Gasteiger partial charge on any atom is 0.301 e. The van der Waals surface area contributed by atoms with Crippen LogP contribution in [-0.4, -0.2) is 41.2 Å². The van der Waals surface area contributed by atoms with Gasteiger partial charge >= 0.3 is 5.91 Å². The third kappa shape index (κ3) is 5.60. The van der Waals surface area contributed by atoms with Crippen LogP contribution in [0.25, 0.3) is 5.76 Å². The van der Waals surface area contributed by atoms with E-state index in [0.29, 0.717) is 37.7 Å². The Morgan fingerprint density at radius 1 is 1.02 bits per heavy atom. The van der Waals surface area contributed by atoms with E-state index in [0.717, 1.165) is 10.0 Å². The number of aromatic nitrogens is 2. The number of nitrogens with zero attached hydrogens (tertiary/aromatic N) is 3. The molecule has 3 aromatic carbocycles. The molecule has 0 aliphatic carbocycles. The molecule has 8 nitrogen and oxygen atoms in total. The molecule has 1 amide bonds. The quantitative estimate of drug-likeness (QED) is 0.0718. The minimum atomic E-state index is -0.981. The molecular weight excluding hydrogens is 638 g/mol. The topological polar surface area (TPSA) is 102 Å². The van der Waals surface area contributed by atoms with Crippen molar-refractivity contribution in [1.82, 2.24) is 10.2 Å². The van der Waals surface area contributed by atoms with E-state index >= 15 is 0 Å². The highest BCUT2D eigenvalue weighted by atomic mass is 79.9. The SMILES string of the molecule is COc1ccc(C2/C(=C(/O)c3ccc(Br)cc3)C(=O)C(=O)N2c2nnc(SCc3ccc(Cl)cc3)s2)cc1OC. The number of hydrogen-bond acceptors (Lipinski definition) is 9. The first-order valence-electron chi connectivity index (χ1n) is 11.8. The summed E-state index contributed by atoms with van der Waals surface area (Å²) in [5.74, 6) is -0.434. The Bertz CT molecular complexity index is 1610. The van der Waals surface area contributed by atoms with E-state index in [9.17, 15) is 14.7 Å². The van der Waals surface area contributed by atoms with Gasteiger partial charge in [0, 0.05) is 20.8 Å². The van der Waals surface area contributed by atoms with Crippen molar-refractivity contribution in [1.29, 1.82) is 0 Å². The zero-order valence-electron chi connectivity index (χ0n) is 21.1. The molecule has 0 bridgehead atoms. The summed E-state index contributed by atoms with van der Waals surface area (Å²) in [6.07, 6.45) is 0. The molecule has 1 atom stereocenters. The molecule has 1 aliphatic rings. The van der Waals surface area contributed by atoms with Gasteiger partial charge in [-0.1, -0.05) is 81.0 Å². The summed E-state index contributed by atoms with van der Waals surface area (Å²) >= 11 is 12.0. The monoisotopic (exact) mass is 657 g/mol. The van der Waals surface area contributed by atoms with Gasteiger partial charge in [0.1, 0.15) is 5.76 Å². The second-order valence-electron chi connectivity index (χ2n) is 8.56. The van der Waals surface area contributed by atoms with E-state index < -0.39 is 17.7 Å². The van der Waals surface area contributed by atoms with Crippen LogP contribution in [0.4, 0.5) is 5.13 Å². The van der Waals surface area contributed by atoms with Crippen LogP contribution in [0.5, 0.6) is 11.5 Å². The van der Waals surface area contributed by atoms with Gasteiger partial charge < -0.3 is 14.6 Å². The zero-order valence-corrected chi connectivity index (χ0v) is 25.1. The maximum absolute atomic E-state index is 13.5. The van der Waals surface area contributed by atoms with Crippen molar-refractivity contribution < 1.29 is 24.2 Å². The van der Waals surface area contributed by atoms with E-state index in [1.807, 2.05) is 24.3 Å². The van der Waals surface area contributed by atoms with Gasteiger partial charge in [0.2, 0.25) is 5.13 Å². The van der Waals surface area contributed by atoms with Crippen molar-refractivity contribution in [2.45, 2.75) is 16.1 Å². The maximum atomic E-state index is 13.5. The lowest BCUT2D eigenvalue weighted by Gasteiger charge is -2.23. The van der Waals surface area contributed by atoms with Crippen LogP contribution in [0.3, 0.4) is 0 Å². The Labute approximate surface area is 251 Å². The van der Waals surface area contributed by atoms with Gasteiger partial charge in [-0.2, -0.15) is 0 Å². The molecule has 1 aromatic heterocycles. The van der Waals surface area contributed by atoms with Gasteiger partial charge in [0.05, 0.1) is 25.8 Å². The summed E-state index contributed by atoms with van der Waals surface area (Å²) in [5, 5.41) is 20.7. The summed E-state index contributed by atoms with van der Waals surface area (Å²) in [7, 11) is 3.01. The summed E-state index contributed by atoms with van der Waals surface area (Å²) in [6.45, 7) is 0. The van der Waals surface area contributed by atoms with Crippen molar-refractivity contribution >= 4 is 73.2 Å². The third-order valence-electron chi connectivity index (χ3n) is 6.16. The van der Waals surface area contributed by atoms with Crippen LogP contribution in [0.15, 0.2) is 81.1 Å². The lowest BCUT2D eigenvalue weighted by molar-refractivity contribution is -0.132. The normalized spacial score (nSPS) is 16.4. The third-order valence-corrected chi connectivity index (χ3v) is 9.07. The first-order valence-corrected chi connectivity index (χ1v) is 14.8. The summed E-state index contributed by atoms with van der Waals surface area (Å²) in [4.78, 5) is 28.2. The average Bonchev–Trinajstić information content (AvgIpc) is 3.54. The van der Waals surface area contributed by atoms with Gasteiger partial charge in [0.25, 0.3) is 5.78 Å². The molecule has 204 valence electrons. The number of rotatable bonds is 8. The predicted molar refractivity (Wildman–Crippen MR) is 159 cm³/mol. The Balaban J connectivity index is 1.57. The fraction of sp³-hybridized carbons (Fsp3) is 0.143. The number of amides is 1. The van der Waals surface area contributed by atoms with Crippen molar-refractivity contribution in [3.05, 3.63) is 98.5 Å². The van der Waals surface area contributed by atoms with Crippen LogP contribution < -0.4 is 14.4 Å². The molecule has 0 saturated carbocycles. The Kier molecular flexibility index (Phi) is 8.46. The molecule has 1 saturated heterocycles. The van der Waals surface area contributed by atoms with Crippen molar-refractivity contribution in [2.75, 3.05) is 19.1 Å². The number of benzene rings is 3. The highest BCUT2D eigenvalue weighted by molar-refractivity contribution is 9.10. The van der Waals surface area contributed by atoms with E-state index in [-0.39, 0.29) is 16.5 Å². The molecule has 40 heavy (non-hydrogen) atoms. The van der Waals surface area contributed by atoms with Crippen molar-refractivity contribution in [3.63, 3.8) is 0 Å². The van der Waals surface area contributed by atoms with Crippen LogP contribution in [0.1, 0.15) is 22.7 Å². The number of halogens is 2. The lowest BCUT2D eigenvalue weighted by atomic mass is 9.95. The van der Waals surface area contributed by atoms with Gasteiger partial charge in [0.15, 0.2) is 15.8 Å². The Morgan fingerprint density at radius 3 is 2.40 bits per heavy atom. The van der Waals surface area contributed by atoms with Gasteiger partial charge in [-0.3, -0.25) is 14.5 Å². The molecule has 1 unspecified atom stereocenters. The summed E-state index contributed by atoms with van der Waals surface area (Å²) < 4.78 is 12.3. The minimum Gasteiger partial charge on any atom is -0.507 e. The smallest absolute Gasteiger partial charge is 0.301 e. The van der Waals surface area contributed by atoms with Crippen LogP contribution in [0.2, 0.25) is 5.02 Å². The highest BCUT2D eigenvalue weighted by Crippen LogP contribution is 2.45. The Morgan fingerprint density at radius 2 is 1.73 bits per heavy atom. The number of ether oxygens (including phenoxy) is 2. The number of carbonyl (C=O) groups excluding carboxylic acids is 2. The number of aliphatic hydroxyl groups excluding tert-OH is 1. The van der Waals surface area contributed by atoms with Gasteiger partial charge in [-0.05, 0) is 47.5 Å². The first-order chi connectivity index (χ1) is 19.3. The number of carbonyl (C=O) groups is 2. The van der Waals surface area contributed by atoms with Gasteiger partial charge in [-0.25, -0.2) is 0 Å². The summed E-state index contributed by atoms with van der Waals surface area (Å²) in [6, 6.07) is 18.4. The Hall–Kier alpha value is -3.38. The minimum absolute atomic E-state index is 0.0647. The first kappa shape index (κ1) is 28.2.